The van der Waals surface area contributed by atoms with Gasteiger partial charge in [-0.3, -0.25) is 4.79 Å². The second-order valence-electron chi connectivity index (χ2n) is 3.65. The first-order valence-corrected chi connectivity index (χ1v) is 7.69. The van der Waals surface area contributed by atoms with Crippen molar-refractivity contribution >= 4 is 27.7 Å². The van der Waals surface area contributed by atoms with Crippen molar-refractivity contribution in [1.29, 1.82) is 0 Å². The number of benzene rings is 2. The third-order valence-corrected chi connectivity index (χ3v) is 4.23. The van der Waals surface area contributed by atoms with Gasteiger partial charge in [-0.05, 0) is 36.0 Å². The molecular weight excluding hydrogens is 276 g/mol. The molecule has 1 unspecified atom stereocenters. The molecule has 0 N–H and O–H groups in total. The van der Waals surface area contributed by atoms with Crippen molar-refractivity contribution in [2.24, 2.45) is 0 Å². The zero-order valence-corrected chi connectivity index (χ0v) is 11.7. The normalized spacial score (nSPS) is 12.4. The highest BCUT2D eigenvalue weighted by atomic mass is 32.2. The molecule has 0 saturated carbocycles. The minimum absolute atomic E-state index is 0.129. The summed E-state index contributed by atoms with van der Waals surface area (Å²) in [7, 11) is -1.28. The van der Waals surface area contributed by atoms with Crippen LogP contribution in [0.4, 0.5) is 0 Å². The zero-order chi connectivity index (χ0) is 13.5. The molecule has 2 rings (SSSR count). The Morgan fingerprint density at radius 1 is 0.947 bits per heavy atom. The van der Waals surface area contributed by atoms with E-state index < -0.39 is 10.8 Å². The van der Waals surface area contributed by atoms with Crippen molar-refractivity contribution in [3.63, 3.8) is 0 Å². The van der Waals surface area contributed by atoms with Crippen LogP contribution in [0.5, 0.6) is 0 Å². The van der Waals surface area contributed by atoms with Gasteiger partial charge in [0.25, 0.3) is 0 Å². The zero-order valence-electron chi connectivity index (χ0n) is 10.1. The lowest BCUT2D eigenvalue weighted by molar-refractivity contribution is -0.107. The summed E-state index contributed by atoms with van der Waals surface area (Å²) in [6.45, 7) is 0. The summed E-state index contributed by atoms with van der Waals surface area (Å²) in [5, 5.41) is 1.30. The van der Waals surface area contributed by atoms with Crippen LogP contribution in [0.25, 0.3) is 0 Å². The van der Waals surface area contributed by atoms with E-state index in [0.29, 0.717) is 4.90 Å². The monoisotopic (exact) mass is 288 g/mol. The lowest BCUT2D eigenvalue weighted by Crippen LogP contribution is -1.89. The van der Waals surface area contributed by atoms with Crippen molar-refractivity contribution in [3.8, 4) is 0 Å². The molecule has 0 aliphatic carbocycles. The highest BCUT2D eigenvalue weighted by Gasteiger charge is 2.02. The number of carbonyl (C=O) groups excluding carboxylic acids is 1. The van der Waals surface area contributed by atoms with Gasteiger partial charge in [0.05, 0.1) is 10.8 Å². The largest absolute Gasteiger partial charge is 0.282 e. The van der Waals surface area contributed by atoms with E-state index in [1.807, 2.05) is 48.5 Å². The van der Waals surface area contributed by atoms with Crippen LogP contribution in [0.1, 0.15) is 0 Å². The van der Waals surface area contributed by atoms with Crippen molar-refractivity contribution in [1.82, 2.24) is 0 Å². The topological polar surface area (TPSA) is 34.1 Å². The molecular formula is C15H12O2S2. The lowest BCUT2D eigenvalue weighted by atomic mass is 10.4. The fraction of sp³-hybridized carbons (Fsp3) is 0. The van der Waals surface area contributed by atoms with E-state index in [1.54, 1.807) is 12.1 Å². The molecule has 0 aliphatic heterocycles. The molecule has 96 valence electrons. The molecule has 0 amide bonds. The summed E-state index contributed by atoms with van der Waals surface area (Å²) in [6, 6.07) is 18.4. The smallest absolute Gasteiger partial charge is 0.217 e. The maximum atomic E-state index is 11.9. The summed E-state index contributed by atoms with van der Waals surface area (Å²) >= 11 is 1.12. The van der Waals surface area contributed by atoms with Crippen LogP contribution >= 0.6 is 11.8 Å². The Morgan fingerprint density at radius 2 is 1.53 bits per heavy atom. The molecule has 0 aromatic heterocycles. The maximum absolute atomic E-state index is 11.9. The van der Waals surface area contributed by atoms with Gasteiger partial charge in [0, 0.05) is 21.3 Å². The van der Waals surface area contributed by atoms with Gasteiger partial charge in [-0.15, -0.1) is 0 Å². The van der Waals surface area contributed by atoms with Gasteiger partial charge in [0.1, 0.15) is 0 Å². The second kappa shape index (κ2) is 7.07. The maximum Gasteiger partial charge on any atom is 0.217 e. The molecule has 2 nitrogen and oxygen atoms in total. The first-order valence-electron chi connectivity index (χ1n) is 5.66. The van der Waals surface area contributed by atoms with E-state index >= 15 is 0 Å². The van der Waals surface area contributed by atoms with Crippen molar-refractivity contribution in [2.75, 3.05) is 0 Å². The standard InChI is InChI=1S/C15H12O2S2/c16-15(18-13-7-3-1-4-8-13)11-12-19(17)14-9-5-2-6-10-14/h1-12H/b12-11+. The molecule has 0 spiro atoms. The predicted molar refractivity (Wildman–Crippen MR) is 79.3 cm³/mol. The van der Waals surface area contributed by atoms with Gasteiger partial charge >= 0.3 is 0 Å². The molecule has 0 saturated heterocycles. The minimum atomic E-state index is -1.28. The Morgan fingerprint density at radius 3 is 2.16 bits per heavy atom. The Hall–Kier alpha value is -1.65. The van der Waals surface area contributed by atoms with E-state index in [2.05, 4.69) is 0 Å². The summed E-state index contributed by atoms with van der Waals surface area (Å²) in [5.41, 5.74) is 0. The summed E-state index contributed by atoms with van der Waals surface area (Å²) in [6.07, 6.45) is 1.36. The number of thioether (sulfide) groups is 1. The number of carbonyl (C=O) groups is 1. The molecule has 0 aliphatic rings. The molecule has 2 aromatic carbocycles. The first-order chi connectivity index (χ1) is 9.25. The lowest BCUT2D eigenvalue weighted by Gasteiger charge is -1.96. The third-order valence-electron chi connectivity index (χ3n) is 2.26. The van der Waals surface area contributed by atoms with Gasteiger partial charge < -0.3 is 0 Å². The van der Waals surface area contributed by atoms with E-state index in [4.69, 9.17) is 0 Å². The van der Waals surface area contributed by atoms with Crippen LogP contribution in [0.15, 0.2) is 81.9 Å². The van der Waals surface area contributed by atoms with Gasteiger partial charge in [-0.1, -0.05) is 36.4 Å². The fourth-order valence-corrected chi connectivity index (χ4v) is 2.97. The molecule has 0 bridgehead atoms. The van der Waals surface area contributed by atoms with Crippen molar-refractivity contribution in [2.45, 2.75) is 9.79 Å². The van der Waals surface area contributed by atoms with Gasteiger partial charge in [-0.25, -0.2) is 4.21 Å². The summed E-state index contributed by atoms with van der Waals surface area (Å²) in [4.78, 5) is 13.3. The molecule has 0 heterocycles. The van der Waals surface area contributed by atoms with Gasteiger partial charge in [0.15, 0.2) is 0 Å². The molecule has 19 heavy (non-hydrogen) atoms. The van der Waals surface area contributed by atoms with Crippen LogP contribution in [0.2, 0.25) is 0 Å². The fourth-order valence-electron chi connectivity index (χ4n) is 1.39. The summed E-state index contributed by atoms with van der Waals surface area (Å²) < 4.78 is 11.9. The minimum Gasteiger partial charge on any atom is -0.282 e. The molecule has 0 radical (unpaired) electrons. The van der Waals surface area contributed by atoms with Gasteiger partial charge in [0.2, 0.25) is 5.12 Å². The molecule has 1 atom stereocenters. The molecule has 2 aromatic rings. The Labute approximate surface area is 119 Å². The van der Waals surface area contributed by atoms with Crippen molar-refractivity contribution < 1.29 is 9.00 Å². The predicted octanol–water partition coefficient (Wildman–Crippen LogP) is 3.63. The van der Waals surface area contributed by atoms with Crippen LogP contribution in [0, 0.1) is 0 Å². The van der Waals surface area contributed by atoms with Crippen LogP contribution < -0.4 is 0 Å². The highest BCUT2D eigenvalue weighted by Crippen LogP contribution is 2.18. The average Bonchev–Trinajstić information content (AvgIpc) is 2.47. The number of rotatable bonds is 4. The average molecular weight is 288 g/mol. The van der Waals surface area contributed by atoms with Gasteiger partial charge in [-0.2, -0.15) is 0 Å². The number of hydrogen-bond donors (Lipinski definition) is 0. The van der Waals surface area contributed by atoms with E-state index in [-0.39, 0.29) is 5.12 Å². The summed E-state index contributed by atoms with van der Waals surface area (Å²) in [5.74, 6) is 0. The van der Waals surface area contributed by atoms with Crippen LogP contribution in [-0.4, -0.2) is 9.32 Å². The van der Waals surface area contributed by atoms with E-state index in [0.717, 1.165) is 16.7 Å². The Balaban J connectivity index is 1.96. The second-order valence-corrected chi connectivity index (χ2v) is 6.06. The number of hydrogen-bond acceptors (Lipinski definition) is 3. The van der Waals surface area contributed by atoms with Crippen LogP contribution in [-0.2, 0) is 15.6 Å². The molecule has 0 fully saturated rings. The van der Waals surface area contributed by atoms with E-state index in [1.165, 1.54) is 11.5 Å². The first kappa shape index (κ1) is 13.8. The third kappa shape index (κ3) is 4.50. The highest BCUT2D eigenvalue weighted by molar-refractivity contribution is 8.14. The SMILES string of the molecule is O=C(/C=C/S(=O)c1ccccc1)Sc1ccccc1. The van der Waals surface area contributed by atoms with Crippen molar-refractivity contribution in [3.05, 3.63) is 72.1 Å². The Bertz CT molecular complexity index is 592. The Kier molecular flexibility index (Phi) is 5.12. The van der Waals surface area contributed by atoms with E-state index in [9.17, 15) is 9.00 Å². The molecule has 4 heteroatoms. The quantitative estimate of drug-likeness (QED) is 0.636. The van der Waals surface area contributed by atoms with Crippen LogP contribution in [0.3, 0.4) is 0 Å².